The summed E-state index contributed by atoms with van der Waals surface area (Å²) in [5.41, 5.74) is 3.86. The molecule has 3 heterocycles. The third-order valence-corrected chi connectivity index (χ3v) is 9.19. The zero-order valence-corrected chi connectivity index (χ0v) is 20.3. The maximum atomic E-state index is 13.6. The quantitative estimate of drug-likeness (QED) is 0.431. The monoisotopic (exact) mass is 484 g/mol. The number of ether oxygens (including phenoxy) is 1. The van der Waals surface area contributed by atoms with E-state index in [4.69, 9.17) is 9.52 Å². The number of rotatable bonds is 4. The van der Waals surface area contributed by atoms with E-state index in [1.54, 1.807) is 47.6 Å². The highest BCUT2D eigenvalue weighted by Gasteiger charge is 2.54. The van der Waals surface area contributed by atoms with Crippen LogP contribution in [0.2, 0.25) is 0 Å². The first-order valence-electron chi connectivity index (χ1n) is 11.5. The average Bonchev–Trinajstić information content (AvgIpc) is 3.11. The first-order chi connectivity index (χ1) is 16.9. The maximum absolute atomic E-state index is 13.6. The van der Waals surface area contributed by atoms with Crippen molar-refractivity contribution in [1.82, 2.24) is 9.97 Å². The van der Waals surface area contributed by atoms with E-state index in [1.807, 2.05) is 31.3 Å². The van der Waals surface area contributed by atoms with Gasteiger partial charge in [-0.1, -0.05) is 30.7 Å². The molecule has 0 bridgehead atoms. The lowest BCUT2D eigenvalue weighted by atomic mass is 9.64. The molecule has 1 aliphatic heterocycles. The third-order valence-electron chi connectivity index (χ3n) is 7.34. The average molecular weight is 485 g/mol. The lowest BCUT2D eigenvalue weighted by Gasteiger charge is -2.37. The molecule has 1 saturated carbocycles. The molecule has 1 aliphatic carbocycles. The van der Waals surface area contributed by atoms with Gasteiger partial charge in [-0.2, -0.15) is 0 Å². The Labute approximate surface area is 203 Å². The summed E-state index contributed by atoms with van der Waals surface area (Å²) in [7, 11) is -0.0634. The summed E-state index contributed by atoms with van der Waals surface area (Å²) < 4.78 is 27.7. The van der Waals surface area contributed by atoms with Gasteiger partial charge in [0.2, 0.25) is 11.8 Å². The van der Waals surface area contributed by atoms with Gasteiger partial charge in [0.1, 0.15) is 14.6 Å². The SMILES string of the molecule is COc1ncc(-c2ccc3ncc4c(c3c2)C2(CCC2)C(=O)N4C)cc1S(=N)(=O)c1ccccc1. The summed E-state index contributed by atoms with van der Waals surface area (Å²) in [6.45, 7) is 0. The molecule has 1 spiro atoms. The number of carbonyl (C=O) groups excluding carboxylic acids is 1. The topological polar surface area (TPSA) is 96.2 Å². The summed E-state index contributed by atoms with van der Waals surface area (Å²) >= 11 is 0. The molecule has 35 heavy (non-hydrogen) atoms. The first-order valence-corrected chi connectivity index (χ1v) is 13.0. The standard InChI is InChI=1S/C27H24N4O3S/c1-31-22-16-29-21-10-9-17(13-20(21)24(22)27(26(31)32)11-6-12-27)18-14-23(25(34-2)30-15-18)35(28,33)19-7-4-3-5-8-19/h3-5,7-10,13-16,28H,6,11-12H2,1-2H3. The number of benzene rings is 2. The van der Waals surface area contributed by atoms with Crippen LogP contribution in [0.1, 0.15) is 24.8 Å². The fourth-order valence-corrected chi connectivity index (χ4v) is 6.81. The molecule has 2 aliphatic rings. The minimum atomic E-state index is -3.34. The minimum absolute atomic E-state index is 0.142. The van der Waals surface area contributed by atoms with Crippen LogP contribution >= 0.6 is 0 Å². The van der Waals surface area contributed by atoms with Gasteiger partial charge in [-0.3, -0.25) is 9.78 Å². The zero-order valence-electron chi connectivity index (χ0n) is 19.4. The molecule has 1 unspecified atom stereocenters. The van der Waals surface area contributed by atoms with Gasteiger partial charge in [-0.05, 0) is 48.7 Å². The molecule has 7 nitrogen and oxygen atoms in total. The number of fused-ring (bicyclic) bond motifs is 4. The van der Waals surface area contributed by atoms with Crippen LogP contribution in [-0.2, 0) is 19.9 Å². The van der Waals surface area contributed by atoms with Crippen molar-refractivity contribution in [2.75, 3.05) is 19.1 Å². The van der Waals surface area contributed by atoms with Gasteiger partial charge in [-0.25, -0.2) is 14.0 Å². The van der Waals surface area contributed by atoms with Crippen LogP contribution in [0.5, 0.6) is 5.88 Å². The molecular formula is C27H24N4O3S. The summed E-state index contributed by atoms with van der Waals surface area (Å²) in [6.07, 6.45) is 6.19. The second kappa shape index (κ2) is 7.61. The van der Waals surface area contributed by atoms with Crippen molar-refractivity contribution >= 4 is 32.2 Å². The Bertz CT molecular complexity index is 1610. The third kappa shape index (κ3) is 3.02. The molecular weight excluding hydrogens is 460 g/mol. The Hall–Kier alpha value is -3.78. The van der Waals surface area contributed by atoms with Crippen molar-refractivity contribution < 1.29 is 13.7 Å². The Balaban J connectivity index is 1.54. The molecule has 1 amide bonds. The molecule has 0 saturated heterocycles. The van der Waals surface area contributed by atoms with E-state index in [1.165, 1.54) is 7.11 Å². The fraction of sp³-hybridized carbons (Fsp3) is 0.222. The summed E-state index contributed by atoms with van der Waals surface area (Å²) in [6, 6.07) is 16.4. The molecule has 2 aromatic heterocycles. The van der Waals surface area contributed by atoms with Crippen molar-refractivity contribution in [2.45, 2.75) is 34.5 Å². The van der Waals surface area contributed by atoms with Gasteiger partial charge in [0.15, 0.2) is 0 Å². The number of pyridine rings is 2. The molecule has 1 atom stereocenters. The van der Waals surface area contributed by atoms with E-state index in [0.29, 0.717) is 4.90 Å². The Morgan fingerprint density at radius 1 is 1.03 bits per heavy atom. The largest absolute Gasteiger partial charge is 0.480 e. The van der Waals surface area contributed by atoms with Gasteiger partial charge < -0.3 is 9.64 Å². The van der Waals surface area contributed by atoms with Crippen molar-refractivity contribution in [3.05, 3.63) is 72.6 Å². The van der Waals surface area contributed by atoms with E-state index >= 15 is 0 Å². The highest BCUT2D eigenvalue weighted by atomic mass is 32.2. The zero-order chi connectivity index (χ0) is 24.4. The van der Waals surface area contributed by atoms with E-state index in [-0.39, 0.29) is 16.7 Å². The van der Waals surface area contributed by atoms with Gasteiger partial charge in [0.05, 0.1) is 34.8 Å². The number of methoxy groups -OCH3 is 1. The van der Waals surface area contributed by atoms with Gasteiger partial charge in [0, 0.05) is 29.8 Å². The normalized spacial score (nSPS) is 17.8. The smallest absolute Gasteiger partial charge is 0.237 e. The lowest BCUT2D eigenvalue weighted by molar-refractivity contribution is -0.125. The van der Waals surface area contributed by atoms with Crippen molar-refractivity contribution in [3.8, 4) is 17.0 Å². The number of aromatic nitrogens is 2. The van der Waals surface area contributed by atoms with E-state index in [2.05, 4.69) is 9.97 Å². The van der Waals surface area contributed by atoms with Gasteiger partial charge in [0.25, 0.3) is 0 Å². The molecule has 1 fully saturated rings. The number of hydrogen-bond donors (Lipinski definition) is 1. The van der Waals surface area contributed by atoms with Gasteiger partial charge in [-0.15, -0.1) is 0 Å². The van der Waals surface area contributed by atoms with Crippen LogP contribution in [0.25, 0.3) is 22.0 Å². The van der Waals surface area contributed by atoms with Gasteiger partial charge >= 0.3 is 0 Å². The van der Waals surface area contributed by atoms with E-state index in [9.17, 15) is 9.00 Å². The second-order valence-electron chi connectivity index (χ2n) is 9.15. The predicted octanol–water partition coefficient (Wildman–Crippen LogP) is 5.17. The van der Waals surface area contributed by atoms with E-state index in [0.717, 1.165) is 52.5 Å². The fourth-order valence-electron chi connectivity index (χ4n) is 5.34. The first kappa shape index (κ1) is 21.7. The number of nitrogens with zero attached hydrogens (tertiary/aromatic N) is 3. The number of carbonyl (C=O) groups is 1. The van der Waals surface area contributed by atoms with Crippen LogP contribution < -0.4 is 9.64 Å². The number of hydrogen-bond acceptors (Lipinski definition) is 6. The molecule has 1 N–H and O–H groups in total. The Morgan fingerprint density at radius 3 is 2.49 bits per heavy atom. The molecule has 176 valence electrons. The molecule has 0 radical (unpaired) electrons. The Kier molecular flexibility index (Phi) is 4.73. The van der Waals surface area contributed by atoms with Crippen LogP contribution in [0.15, 0.2) is 76.8 Å². The highest BCUT2D eigenvalue weighted by Crippen LogP contribution is 2.55. The number of likely N-dealkylation sites (N-methyl/N-ethyl adjacent to an activating group) is 1. The maximum Gasteiger partial charge on any atom is 0.237 e. The predicted molar refractivity (Wildman–Crippen MR) is 134 cm³/mol. The van der Waals surface area contributed by atoms with E-state index < -0.39 is 15.1 Å². The second-order valence-corrected chi connectivity index (χ2v) is 11.2. The van der Waals surface area contributed by atoms with Crippen LogP contribution in [0, 0.1) is 4.78 Å². The molecule has 6 rings (SSSR count). The summed E-state index contributed by atoms with van der Waals surface area (Å²) in [5, 5.41) is 0.949. The molecule has 2 aromatic carbocycles. The summed E-state index contributed by atoms with van der Waals surface area (Å²) in [4.78, 5) is 24.5. The van der Waals surface area contributed by atoms with Crippen molar-refractivity contribution in [3.63, 3.8) is 0 Å². The minimum Gasteiger partial charge on any atom is -0.480 e. The van der Waals surface area contributed by atoms with Crippen LogP contribution in [-0.4, -0.2) is 34.2 Å². The Morgan fingerprint density at radius 2 is 1.80 bits per heavy atom. The molecule has 4 aromatic rings. The summed E-state index contributed by atoms with van der Waals surface area (Å²) in [5.74, 6) is 0.310. The number of anilines is 1. The molecule has 8 heteroatoms. The number of nitrogens with one attached hydrogen (secondary N) is 1. The van der Waals surface area contributed by atoms with Crippen LogP contribution in [0.3, 0.4) is 0 Å². The highest BCUT2D eigenvalue weighted by molar-refractivity contribution is 7.92. The van der Waals surface area contributed by atoms with Crippen molar-refractivity contribution in [1.29, 1.82) is 4.78 Å². The number of amides is 1. The van der Waals surface area contributed by atoms with Crippen molar-refractivity contribution in [2.24, 2.45) is 0 Å². The van der Waals surface area contributed by atoms with Crippen LogP contribution in [0.4, 0.5) is 5.69 Å². The lowest BCUT2D eigenvalue weighted by Crippen LogP contribution is -2.43.